The zero-order valence-electron chi connectivity index (χ0n) is 24.3. The molecule has 2 aromatic carbocycles. The molecule has 0 fully saturated rings. The third-order valence-corrected chi connectivity index (χ3v) is 7.88. The maximum absolute atomic E-state index is 5.30. The highest BCUT2D eigenvalue weighted by Gasteiger charge is 2.26. The van der Waals surface area contributed by atoms with Crippen LogP contribution >= 0.6 is 0 Å². The molecule has 1 aliphatic heterocycles. The van der Waals surface area contributed by atoms with E-state index in [-0.39, 0.29) is 0 Å². The average molecular weight is 467 g/mol. The largest absolute Gasteiger partial charge is 0.376 e. The van der Waals surface area contributed by atoms with Crippen LogP contribution in [0, 0.1) is 22.2 Å². The molecule has 0 N–H and O–H groups in total. The van der Waals surface area contributed by atoms with Crippen molar-refractivity contribution in [2.75, 3.05) is 6.61 Å². The molecule has 4 rings (SSSR count). The van der Waals surface area contributed by atoms with Crippen molar-refractivity contribution in [3.63, 3.8) is 0 Å². The molecular formula is C33H54O. The maximum atomic E-state index is 5.30. The molecule has 192 valence electrons. The number of aryl methyl sites for hydroxylation is 2. The van der Waals surface area contributed by atoms with E-state index in [9.17, 15) is 0 Å². The summed E-state index contributed by atoms with van der Waals surface area (Å²) in [5.74, 6) is 0.799. The molecule has 0 bridgehead atoms. The highest BCUT2D eigenvalue weighted by Crippen LogP contribution is 2.36. The van der Waals surface area contributed by atoms with Gasteiger partial charge in [0, 0.05) is 0 Å². The highest BCUT2D eigenvalue weighted by atomic mass is 16.5. The van der Waals surface area contributed by atoms with E-state index in [1.54, 1.807) is 11.1 Å². The molecule has 1 nitrogen and oxygen atoms in total. The lowest BCUT2D eigenvalue weighted by Gasteiger charge is -2.34. The van der Waals surface area contributed by atoms with E-state index in [1.807, 2.05) is 0 Å². The molecule has 1 aliphatic carbocycles. The van der Waals surface area contributed by atoms with Crippen molar-refractivity contribution in [1.82, 2.24) is 0 Å². The van der Waals surface area contributed by atoms with Gasteiger partial charge in [-0.2, -0.15) is 0 Å². The van der Waals surface area contributed by atoms with Gasteiger partial charge in [-0.3, -0.25) is 0 Å². The molecule has 1 heterocycles. The second kappa shape index (κ2) is 13.5. The number of benzene rings is 2. The third kappa shape index (κ3) is 11.2. The minimum Gasteiger partial charge on any atom is -0.376 e. The van der Waals surface area contributed by atoms with Crippen LogP contribution in [0.5, 0.6) is 0 Å². The zero-order valence-corrected chi connectivity index (χ0v) is 24.3. The SMILES string of the molecule is CC(C)(C)C(C)(C)C.CC(C)C(C)(C)C.c1ccc2c(c1)CCC2.c1ccc2c(c1)CCOC2. The summed E-state index contributed by atoms with van der Waals surface area (Å²) in [6.07, 6.45) is 5.04. The summed E-state index contributed by atoms with van der Waals surface area (Å²) >= 11 is 0. The van der Waals surface area contributed by atoms with Crippen LogP contribution in [0.2, 0.25) is 0 Å². The molecule has 0 aromatic heterocycles. The van der Waals surface area contributed by atoms with Crippen LogP contribution in [0.25, 0.3) is 0 Å². The molecule has 0 saturated heterocycles. The number of hydrogen-bond acceptors (Lipinski definition) is 1. The Bertz CT molecular complexity index is 765. The summed E-state index contributed by atoms with van der Waals surface area (Å²) in [6, 6.07) is 17.2. The predicted octanol–water partition coefficient (Wildman–Crippen LogP) is 9.70. The maximum Gasteiger partial charge on any atom is 0.0719 e. The topological polar surface area (TPSA) is 9.23 Å². The molecule has 0 unspecified atom stereocenters. The summed E-state index contributed by atoms with van der Waals surface area (Å²) in [7, 11) is 0. The van der Waals surface area contributed by atoms with E-state index in [0.717, 1.165) is 25.6 Å². The molecular weight excluding hydrogens is 412 g/mol. The first-order valence-corrected chi connectivity index (χ1v) is 13.3. The van der Waals surface area contributed by atoms with E-state index < -0.39 is 0 Å². The normalized spacial score (nSPS) is 14.9. The lowest BCUT2D eigenvalue weighted by Crippen LogP contribution is -2.25. The van der Waals surface area contributed by atoms with Crippen molar-refractivity contribution < 1.29 is 4.74 Å². The number of ether oxygens (including phenoxy) is 1. The lowest BCUT2D eigenvalue weighted by molar-refractivity contribution is 0.111. The molecule has 2 aliphatic rings. The van der Waals surface area contributed by atoms with Crippen LogP contribution in [0.15, 0.2) is 48.5 Å². The van der Waals surface area contributed by atoms with E-state index in [1.165, 1.54) is 30.4 Å². The van der Waals surface area contributed by atoms with Crippen LogP contribution in [-0.2, 0) is 30.6 Å². The summed E-state index contributed by atoms with van der Waals surface area (Å²) in [4.78, 5) is 0. The molecule has 0 saturated carbocycles. The van der Waals surface area contributed by atoms with E-state index >= 15 is 0 Å². The van der Waals surface area contributed by atoms with Gasteiger partial charge in [-0.25, -0.2) is 0 Å². The summed E-state index contributed by atoms with van der Waals surface area (Å²) < 4.78 is 5.30. The van der Waals surface area contributed by atoms with Crippen LogP contribution in [0.4, 0.5) is 0 Å². The summed E-state index contributed by atoms with van der Waals surface area (Å²) in [6.45, 7) is 26.6. The Kier molecular flexibility index (Phi) is 12.1. The first kappa shape index (κ1) is 30.4. The van der Waals surface area contributed by atoms with Gasteiger partial charge in [0.1, 0.15) is 0 Å². The van der Waals surface area contributed by atoms with Crippen LogP contribution in [0.3, 0.4) is 0 Å². The fourth-order valence-electron chi connectivity index (χ4n) is 2.82. The standard InChI is InChI=1S/C9H10O.C9H10.C8H18.C7H16/c1-2-4-9-7-10-6-5-8(9)3-1;1-2-5-9-7-3-6-8(9)4-1;1-7(2,3)8(4,5)6;1-6(2)7(3,4)5/h1-4H,5-7H2;1-2,4-5H,3,6-7H2;1-6H3;6H,1-5H3. The molecule has 2 aromatic rings. The van der Waals surface area contributed by atoms with Gasteiger partial charge >= 0.3 is 0 Å². The van der Waals surface area contributed by atoms with Gasteiger partial charge in [-0.1, -0.05) is 125 Å². The minimum absolute atomic E-state index is 0.437. The first-order chi connectivity index (χ1) is 15.6. The quantitative estimate of drug-likeness (QED) is 0.375. The van der Waals surface area contributed by atoms with E-state index in [2.05, 4.69) is 125 Å². The third-order valence-electron chi connectivity index (χ3n) is 7.88. The van der Waals surface area contributed by atoms with Crippen LogP contribution in [0.1, 0.15) is 105 Å². The van der Waals surface area contributed by atoms with E-state index in [4.69, 9.17) is 4.74 Å². The molecule has 0 atom stereocenters. The molecule has 0 radical (unpaired) electrons. The number of hydrogen-bond donors (Lipinski definition) is 0. The average Bonchev–Trinajstić information content (AvgIpc) is 3.22. The Morgan fingerprint density at radius 3 is 1.26 bits per heavy atom. The minimum atomic E-state index is 0.437. The zero-order chi connectivity index (χ0) is 26.0. The second-order valence-electron chi connectivity index (χ2n) is 13.2. The number of rotatable bonds is 0. The number of fused-ring (bicyclic) bond motifs is 2. The van der Waals surface area contributed by atoms with Crippen molar-refractivity contribution in [2.45, 2.75) is 108 Å². The van der Waals surface area contributed by atoms with Crippen molar-refractivity contribution in [3.05, 3.63) is 70.8 Å². The van der Waals surface area contributed by atoms with Gasteiger partial charge in [0.15, 0.2) is 0 Å². The van der Waals surface area contributed by atoms with Gasteiger partial charge in [0.05, 0.1) is 13.2 Å². The molecule has 0 amide bonds. The van der Waals surface area contributed by atoms with Crippen LogP contribution in [-0.4, -0.2) is 6.61 Å². The monoisotopic (exact) mass is 466 g/mol. The Hall–Kier alpha value is -1.60. The van der Waals surface area contributed by atoms with Crippen molar-refractivity contribution in [1.29, 1.82) is 0 Å². The van der Waals surface area contributed by atoms with Crippen molar-refractivity contribution >= 4 is 0 Å². The highest BCUT2D eigenvalue weighted by molar-refractivity contribution is 5.30. The predicted molar refractivity (Wildman–Crippen MR) is 151 cm³/mol. The van der Waals surface area contributed by atoms with E-state index in [0.29, 0.717) is 16.2 Å². The Balaban J connectivity index is 0.000000229. The van der Waals surface area contributed by atoms with Gasteiger partial charge < -0.3 is 4.74 Å². The van der Waals surface area contributed by atoms with Crippen LogP contribution < -0.4 is 0 Å². The fraction of sp³-hybridized carbons (Fsp3) is 0.636. The lowest BCUT2D eigenvalue weighted by atomic mass is 9.71. The van der Waals surface area contributed by atoms with Crippen molar-refractivity contribution in [2.24, 2.45) is 22.2 Å². The smallest absolute Gasteiger partial charge is 0.0719 e. The van der Waals surface area contributed by atoms with Gasteiger partial charge in [0.25, 0.3) is 0 Å². The Morgan fingerprint density at radius 1 is 0.588 bits per heavy atom. The molecule has 1 heteroatoms. The van der Waals surface area contributed by atoms with Gasteiger partial charge in [-0.05, 0) is 70.1 Å². The van der Waals surface area contributed by atoms with Gasteiger partial charge in [-0.15, -0.1) is 0 Å². The first-order valence-electron chi connectivity index (χ1n) is 13.3. The second-order valence-corrected chi connectivity index (χ2v) is 13.2. The summed E-state index contributed by atoms with van der Waals surface area (Å²) in [5.41, 5.74) is 7.32. The molecule has 0 spiro atoms. The Morgan fingerprint density at radius 2 is 0.941 bits per heavy atom. The van der Waals surface area contributed by atoms with Crippen molar-refractivity contribution in [3.8, 4) is 0 Å². The summed E-state index contributed by atoms with van der Waals surface area (Å²) in [5, 5.41) is 0. The van der Waals surface area contributed by atoms with Gasteiger partial charge in [0.2, 0.25) is 0 Å². The fourth-order valence-corrected chi connectivity index (χ4v) is 2.82. The Labute approximate surface area is 212 Å². The molecule has 34 heavy (non-hydrogen) atoms.